The highest BCUT2D eigenvalue weighted by atomic mass is 16.5. The number of rotatable bonds is 9. The first-order valence-corrected chi connectivity index (χ1v) is 12.5. The maximum atomic E-state index is 13.0. The molecule has 4 nitrogen and oxygen atoms in total. The third-order valence-electron chi connectivity index (χ3n) is 7.14. The standard InChI is InChI=1S/C27H44N2O2/c1-20(2)15-29(27(30)21(3)4)18-23-17-28(16-22-11-7-6-8-12-22)19-25(23)24-13-9-10-14-26(24)31-5/h9-10,13-14,20-23,25H,6-8,11-12,15-19H2,1-5H3. The Morgan fingerprint density at radius 2 is 1.81 bits per heavy atom. The summed E-state index contributed by atoms with van der Waals surface area (Å²) in [5.74, 6) is 3.50. The molecule has 1 aromatic rings. The molecule has 1 aliphatic heterocycles. The van der Waals surface area contributed by atoms with Crippen LogP contribution in [0.3, 0.4) is 0 Å². The predicted molar refractivity (Wildman–Crippen MR) is 128 cm³/mol. The van der Waals surface area contributed by atoms with Gasteiger partial charge in [0, 0.05) is 44.6 Å². The molecule has 0 aromatic heterocycles. The third kappa shape index (κ3) is 6.47. The minimum absolute atomic E-state index is 0.0446. The van der Waals surface area contributed by atoms with Crippen LogP contribution in [0.1, 0.15) is 71.3 Å². The second kappa shape index (κ2) is 11.4. The Hall–Kier alpha value is -1.55. The molecular weight excluding hydrogens is 384 g/mol. The van der Waals surface area contributed by atoms with Gasteiger partial charge in [0.1, 0.15) is 5.75 Å². The van der Waals surface area contributed by atoms with Gasteiger partial charge in [-0.3, -0.25) is 4.79 Å². The normalized spacial score (nSPS) is 22.9. The monoisotopic (exact) mass is 428 g/mol. The molecule has 1 heterocycles. The zero-order valence-corrected chi connectivity index (χ0v) is 20.5. The molecule has 1 saturated carbocycles. The molecule has 2 unspecified atom stereocenters. The van der Waals surface area contributed by atoms with Crippen LogP contribution in [0.2, 0.25) is 0 Å². The Bertz CT molecular complexity index is 696. The molecule has 1 amide bonds. The number of hydrogen-bond donors (Lipinski definition) is 0. The van der Waals surface area contributed by atoms with E-state index in [0.717, 1.165) is 37.8 Å². The summed E-state index contributed by atoms with van der Waals surface area (Å²) in [4.78, 5) is 17.8. The quantitative estimate of drug-likeness (QED) is 0.526. The third-order valence-corrected chi connectivity index (χ3v) is 7.14. The van der Waals surface area contributed by atoms with Crippen molar-refractivity contribution >= 4 is 5.91 Å². The topological polar surface area (TPSA) is 32.8 Å². The lowest BCUT2D eigenvalue weighted by Crippen LogP contribution is -2.41. The van der Waals surface area contributed by atoms with Gasteiger partial charge in [-0.05, 0) is 42.2 Å². The van der Waals surface area contributed by atoms with Crippen LogP contribution in [-0.2, 0) is 4.79 Å². The van der Waals surface area contributed by atoms with E-state index in [1.807, 2.05) is 13.8 Å². The maximum Gasteiger partial charge on any atom is 0.225 e. The van der Waals surface area contributed by atoms with Crippen LogP contribution in [0.25, 0.3) is 0 Å². The smallest absolute Gasteiger partial charge is 0.225 e. The number of benzene rings is 1. The number of para-hydroxylation sites is 1. The summed E-state index contributed by atoms with van der Waals surface area (Å²) in [6.07, 6.45) is 6.95. The van der Waals surface area contributed by atoms with Crippen molar-refractivity contribution in [2.45, 2.75) is 65.7 Å². The Morgan fingerprint density at radius 1 is 1.10 bits per heavy atom. The van der Waals surface area contributed by atoms with Crippen molar-refractivity contribution in [2.24, 2.45) is 23.7 Å². The minimum Gasteiger partial charge on any atom is -0.496 e. The van der Waals surface area contributed by atoms with Gasteiger partial charge in [-0.15, -0.1) is 0 Å². The molecule has 2 atom stereocenters. The van der Waals surface area contributed by atoms with Crippen LogP contribution in [-0.4, -0.2) is 55.5 Å². The Labute approximate surface area is 190 Å². The fraction of sp³-hybridized carbons (Fsp3) is 0.741. The van der Waals surface area contributed by atoms with E-state index in [-0.39, 0.29) is 5.92 Å². The summed E-state index contributed by atoms with van der Waals surface area (Å²) in [6, 6.07) is 8.50. The van der Waals surface area contributed by atoms with Crippen LogP contribution in [0.5, 0.6) is 5.75 Å². The van der Waals surface area contributed by atoms with Crippen LogP contribution in [0.15, 0.2) is 24.3 Å². The number of amides is 1. The highest BCUT2D eigenvalue weighted by Crippen LogP contribution is 2.39. The Morgan fingerprint density at radius 3 is 2.45 bits per heavy atom. The van der Waals surface area contributed by atoms with Gasteiger partial charge in [0.15, 0.2) is 0 Å². The van der Waals surface area contributed by atoms with Gasteiger partial charge in [0.05, 0.1) is 7.11 Å². The lowest BCUT2D eigenvalue weighted by atomic mass is 9.87. The fourth-order valence-corrected chi connectivity index (χ4v) is 5.70. The number of likely N-dealkylation sites (tertiary alicyclic amines) is 1. The predicted octanol–water partition coefficient (Wildman–Crippen LogP) is 5.43. The van der Waals surface area contributed by atoms with E-state index >= 15 is 0 Å². The van der Waals surface area contributed by atoms with E-state index in [2.05, 4.69) is 47.9 Å². The zero-order valence-electron chi connectivity index (χ0n) is 20.5. The summed E-state index contributed by atoms with van der Waals surface area (Å²) in [5.41, 5.74) is 1.31. The largest absolute Gasteiger partial charge is 0.496 e. The van der Waals surface area contributed by atoms with Gasteiger partial charge < -0.3 is 14.5 Å². The molecule has 2 fully saturated rings. The molecule has 0 N–H and O–H groups in total. The molecule has 2 aliphatic rings. The van der Waals surface area contributed by atoms with Crippen molar-refractivity contribution in [1.29, 1.82) is 0 Å². The molecule has 174 valence electrons. The van der Waals surface area contributed by atoms with Crippen molar-refractivity contribution < 1.29 is 9.53 Å². The second-order valence-electron chi connectivity index (χ2n) is 10.6. The average molecular weight is 429 g/mol. The van der Waals surface area contributed by atoms with Crippen LogP contribution in [0, 0.1) is 23.7 Å². The molecule has 0 bridgehead atoms. The van der Waals surface area contributed by atoms with Gasteiger partial charge in [-0.25, -0.2) is 0 Å². The second-order valence-corrected chi connectivity index (χ2v) is 10.6. The molecule has 0 radical (unpaired) electrons. The van der Waals surface area contributed by atoms with E-state index in [1.54, 1.807) is 7.11 Å². The number of methoxy groups -OCH3 is 1. The van der Waals surface area contributed by atoms with Crippen LogP contribution < -0.4 is 4.74 Å². The van der Waals surface area contributed by atoms with E-state index in [1.165, 1.54) is 44.2 Å². The summed E-state index contributed by atoms with van der Waals surface area (Å²) < 4.78 is 5.75. The first-order valence-electron chi connectivity index (χ1n) is 12.5. The van der Waals surface area contributed by atoms with Crippen molar-refractivity contribution in [2.75, 3.05) is 39.8 Å². The number of nitrogens with zero attached hydrogens (tertiary/aromatic N) is 2. The van der Waals surface area contributed by atoms with Gasteiger partial charge in [-0.1, -0.05) is 65.2 Å². The zero-order chi connectivity index (χ0) is 22.4. The SMILES string of the molecule is COc1ccccc1C1CN(CC2CCCCC2)CC1CN(CC(C)C)C(=O)C(C)C. The number of carbonyl (C=O) groups excluding carboxylic acids is 1. The first-order chi connectivity index (χ1) is 14.9. The number of hydrogen-bond acceptors (Lipinski definition) is 3. The highest BCUT2D eigenvalue weighted by molar-refractivity contribution is 5.78. The molecular formula is C27H44N2O2. The summed E-state index contributed by atoms with van der Waals surface area (Å²) in [5, 5.41) is 0. The Balaban J connectivity index is 1.81. The maximum absolute atomic E-state index is 13.0. The van der Waals surface area contributed by atoms with Crippen molar-refractivity contribution in [3.63, 3.8) is 0 Å². The van der Waals surface area contributed by atoms with Gasteiger partial charge in [0.25, 0.3) is 0 Å². The van der Waals surface area contributed by atoms with E-state index < -0.39 is 0 Å². The number of ether oxygens (including phenoxy) is 1. The molecule has 1 aliphatic carbocycles. The summed E-state index contributed by atoms with van der Waals surface area (Å²) in [6.45, 7) is 13.5. The van der Waals surface area contributed by atoms with Gasteiger partial charge in [-0.2, -0.15) is 0 Å². The fourth-order valence-electron chi connectivity index (χ4n) is 5.70. The minimum atomic E-state index is 0.0446. The lowest BCUT2D eigenvalue weighted by molar-refractivity contribution is -0.135. The molecule has 4 heteroatoms. The van der Waals surface area contributed by atoms with Gasteiger partial charge in [0.2, 0.25) is 5.91 Å². The summed E-state index contributed by atoms with van der Waals surface area (Å²) in [7, 11) is 1.77. The van der Waals surface area contributed by atoms with Crippen molar-refractivity contribution in [3.05, 3.63) is 29.8 Å². The van der Waals surface area contributed by atoms with E-state index in [0.29, 0.717) is 23.7 Å². The van der Waals surface area contributed by atoms with Crippen LogP contribution in [0.4, 0.5) is 0 Å². The van der Waals surface area contributed by atoms with Gasteiger partial charge >= 0.3 is 0 Å². The van der Waals surface area contributed by atoms with E-state index in [4.69, 9.17) is 4.74 Å². The number of carbonyl (C=O) groups is 1. The first kappa shape index (κ1) is 24.1. The summed E-state index contributed by atoms with van der Waals surface area (Å²) >= 11 is 0. The van der Waals surface area contributed by atoms with Crippen LogP contribution >= 0.6 is 0 Å². The average Bonchev–Trinajstić information content (AvgIpc) is 3.14. The Kier molecular flexibility index (Phi) is 8.83. The lowest BCUT2D eigenvalue weighted by Gasteiger charge is -2.31. The molecule has 31 heavy (non-hydrogen) atoms. The highest BCUT2D eigenvalue weighted by Gasteiger charge is 2.38. The van der Waals surface area contributed by atoms with Crippen molar-refractivity contribution in [1.82, 2.24) is 9.80 Å². The molecule has 3 rings (SSSR count). The molecule has 1 saturated heterocycles. The molecule has 0 spiro atoms. The van der Waals surface area contributed by atoms with Crippen molar-refractivity contribution in [3.8, 4) is 5.75 Å². The van der Waals surface area contributed by atoms with E-state index in [9.17, 15) is 4.79 Å². The molecule has 1 aromatic carbocycles.